The average Bonchev–Trinajstić information content (AvgIpc) is 3.45. The molecule has 1 aromatic carbocycles. The van der Waals surface area contributed by atoms with Crippen molar-refractivity contribution in [1.82, 2.24) is 4.90 Å². The second-order valence-corrected chi connectivity index (χ2v) is 7.59. The Morgan fingerprint density at radius 2 is 1.89 bits per heavy atom. The van der Waals surface area contributed by atoms with E-state index < -0.39 is 12.1 Å². The Bertz CT molecular complexity index is 677. The van der Waals surface area contributed by atoms with Crippen LogP contribution in [0.2, 0.25) is 0 Å². The number of hydrogen-bond donors (Lipinski definition) is 2. The highest BCUT2D eigenvalue weighted by Gasteiger charge is 2.38. The van der Waals surface area contributed by atoms with Gasteiger partial charge in [-0.15, -0.1) is 0 Å². The van der Waals surface area contributed by atoms with Crippen molar-refractivity contribution in [2.45, 2.75) is 57.8 Å². The van der Waals surface area contributed by atoms with Crippen LogP contribution < -0.4 is 5.73 Å². The molecule has 3 N–H and O–H groups in total. The second-order valence-electron chi connectivity index (χ2n) is 7.59. The molecule has 0 unspecified atom stereocenters. The number of benzene rings is 1. The number of piperidine rings is 1. The molecule has 156 valence electrons. The Morgan fingerprint density at radius 1 is 1.29 bits per heavy atom. The zero-order valence-electron chi connectivity index (χ0n) is 16.2. The minimum Gasteiger partial charge on any atom is -0.475 e. The molecule has 1 aromatic rings. The van der Waals surface area contributed by atoms with Gasteiger partial charge in [0.25, 0.3) is 0 Å². The molecule has 1 aliphatic carbocycles. The van der Waals surface area contributed by atoms with Crippen LogP contribution in [-0.2, 0) is 11.3 Å². The third kappa shape index (κ3) is 7.64. The van der Waals surface area contributed by atoms with Gasteiger partial charge >= 0.3 is 12.1 Å². The first-order valence-electron chi connectivity index (χ1n) is 9.76. The summed E-state index contributed by atoms with van der Waals surface area (Å²) in [5, 5.41) is 7.12. The van der Waals surface area contributed by atoms with Gasteiger partial charge in [-0.2, -0.15) is 13.2 Å². The fourth-order valence-corrected chi connectivity index (χ4v) is 3.19. The van der Waals surface area contributed by atoms with Crippen LogP contribution >= 0.6 is 0 Å². The summed E-state index contributed by atoms with van der Waals surface area (Å²) in [5.41, 5.74) is 10.2. The zero-order valence-corrected chi connectivity index (χ0v) is 16.2. The number of carboxylic acids is 1. The highest BCUT2D eigenvalue weighted by atomic mass is 19.4. The first kappa shape index (κ1) is 22.4. The summed E-state index contributed by atoms with van der Waals surface area (Å²) in [6.45, 7) is 5.67. The summed E-state index contributed by atoms with van der Waals surface area (Å²) < 4.78 is 31.7. The van der Waals surface area contributed by atoms with Crippen LogP contribution in [0.3, 0.4) is 0 Å². The van der Waals surface area contributed by atoms with Crippen molar-refractivity contribution in [3.63, 3.8) is 0 Å². The molecule has 2 fully saturated rings. The van der Waals surface area contributed by atoms with E-state index in [-0.39, 0.29) is 6.04 Å². The number of nitrogens with two attached hydrogens (primary N) is 1. The molecular formula is C21H29F3N2O2. The van der Waals surface area contributed by atoms with Crippen molar-refractivity contribution in [2.24, 2.45) is 11.7 Å². The van der Waals surface area contributed by atoms with E-state index in [1.54, 1.807) is 0 Å². The number of carboxylic acid groups (broad SMARTS) is 1. The number of halogens is 3. The second kappa shape index (κ2) is 10.1. The minimum absolute atomic E-state index is 0.105. The van der Waals surface area contributed by atoms with Gasteiger partial charge in [0.1, 0.15) is 0 Å². The monoisotopic (exact) mass is 398 g/mol. The van der Waals surface area contributed by atoms with Gasteiger partial charge in [-0.3, -0.25) is 4.90 Å². The zero-order chi connectivity index (χ0) is 20.7. The summed E-state index contributed by atoms with van der Waals surface area (Å²) in [4.78, 5) is 11.5. The van der Waals surface area contributed by atoms with Gasteiger partial charge in [-0.1, -0.05) is 36.8 Å². The van der Waals surface area contributed by atoms with Crippen LogP contribution in [0.15, 0.2) is 24.3 Å². The maximum atomic E-state index is 10.6. The maximum Gasteiger partial charge on any atom is 0.490 e. The van der Waals surface area contributed by atoms with E-state index >= 15 is 0 Å². The molecule has 28 heavy (non-hydrogen) atoms. The largest absolute Gasteiger partial charge is 0.490 e. The predicted molar refractivity (Wildman–Crippen MR) is 104 cm³/mol. The first-order chi connectivity index (χ1) is 13.2. The van der Waals surface area contributed by atoms with E-state index in [4.69, 9.17) is 15.6 Å². The lowest BCUT2D eigenvalue weighted by Crippen LogP contribution is -2.29. The molecule has 4 nitrogen and oxygen atoms in total. The molecule has 7 heteroatoms. The predicted octanol–water partition coefficient (Wildman–Crippen LogP) is 4.75. The van der Waals surface area contributed by atoms with Crippen LogP contribution in [0.4, 0.5) is 13.2 Å². The quantitative estimate of drug-likeness (QED) is 0.751. The van der Waals surface area contributed by atoms with Gasteiger partial charge in [0.2, 0.25) is 0 Å². The normalized spacial score (nSPS) is 19.2. The van der Waals surface area contributed by atoms with Crippen molar-refractivity contribution >= 4 is 12.0 Å². The van der Waals surface area contributed by atoms with Crippen LogP contribution in [0, 0.1) is 5.92 Å². The molecule has 1 aliphatic heterocycles. The number of alkyl halides is 3. The maximum absolute atomic E-state index is 10.6. The van der Waals surface area contributed by atoms with Gasteiger partial charge in [-0.25, -0.2) is 4.79 Å². The topological polar surface area (TPSA) is 66.6 Å². The molecule has 1 heterocycles. The van der Waals surface area contributed by atoms with Gasteiger partial charge < -0.3 is 10.8 Å². The van der Waals surface area contributed by atoms with E-state index in [0.717, 1.165) is 12.5 Å². The first-order valence-corrected chi connectivity index (χ1v) is 9.76. The van der Waals surface area contributed by atoms with Gasteiger partial charge in [0.15, 0.2) is 0 Å². The number of allylic oxidation sites excluding steroid dienone is 1. The number of aliphatic carboxylic acids is 1. The van der Waals surface area contributed by atoms with Crippen molar-refractivity contribution in [1.29, 1.82) is 0 Å². The molecule has 1 atom stereocenters. The minimum atomic E-state index is -5.08. The molecule has 1 saturated heterocycles. The van der Waals surface area contributed by atoms with Gasteiger partial charge in [0.05, 0.1) is 0 Å². The van der Waals surface area contributed by atoms with E-state index in [0.29, 0.717) is 0 Å². The number of hydrogen-bond acceptors (Lipinski definition) is 3. The summed E-state index contributed by atoms with van der Waals surface area (Å²) in [5.74, 6) is -1.94. The van der Waals surface area contributed by atoms with Crippen molar-refractivity contribution in [3.8, 4) is 0 Å². The highest BCUT2D eigenvalue weighted by Crippen LogP contribution is 2.31. The summed E-state index contributed by atoms with van der Waals surface area (Å²) >= 11 is 0. The van der Waals surface area contributed by atoms with Crippen LogP contribution in [-0.4, -0.2) is 35.2 Å². The summed E-state index contributed by atoms with van der Waals surface area (Å²) in [6, 6.07) is 6.96. The van der Waals surface area contributed by atoms with Gasteiger partial charge in [0, 0.05) is 12.6 Å². The smallest absolute Gasteiger partial charge is 0.475 e. The molecule has 3 rings (SSSR count). The van der Waals surface area contributed by atoms with E-state index in [9.17, 15) is 13.2 Å². The lowest BCUT2D eigenvalue weighted by atomic mass is 9.98. The fraction of sp³-hybridized carbons (Fsp3) is 0.571. The third-order valence-corrected chi connectivity index (χ3v) is 4.91. The van der Waals surface area contributed by atoms with E-state index in [1.165, 1.54) is 61.9 Å². The SMILES string of the molecule is C[C@H](N)c1ccc(CN2CCCCC2)cc1/C=C/C1CC1.O=C(O)C(F)(F)F. The number of likely N-dealkylation sites (tertiary alicyclic amines) is 1. The Hall–Kier alpha value is -1.86. The lowest BCUT2D eigenvalue weighted by molar-refractivity contribution is -0.192. The Morgan fingerprint density at radius 3 is 2.39 bits per heavy atom. The number of nitrogens with zero attached hydrogens (tertiary/aromatic N) is 1. The molecular weight excluding hydrogens is 369 g/mol. The molecule has 1 saturated carbocycles. The third-order valence-electron chi connectivity index (χ3n) is 4.91. The van der Waals surface area contributed by atoms with E-state index in [1.807, 2.05) is 0 Å². The average molecular weight is 398 g/mol. The Labute approximate surface area is 164 Å². The molecule has 0 spiro atoms. The van der Waals surface area contributed by atoms with Crippen LogP contribution in [0.5, 0.6) is 0 Å². The summed E-state index contributed by atoms with van der Waals surface area (Å²) in [6.07, 6.45) is 6.41. The van der Waals surface area contributed by atoms with E-state index in [2.05, 4.69) is 42.2 Å². The van der Waals surface area contributed by atoms with Crippen LogP contribution in [0.25, 0.3) is 6.08 Å². The Kier molecular flexibility index (Phi) is 8.07. The molecule has 0 radical (unpaired) electrons. The molecule has 0 amide bonds. The molecule has 0 bridgehead atoms. The lowest BCUT2D eigenvalue weighted by Gasteiger charge is -2.26. The van der Waals surface area contributed by atoms with Crippen molar-refractivity contribution in [3.05, 3.63) is 41.0 Å². The van der Waals surface area contributed by atoms with Crippen molar-refractivity contribution in [2.75, 3.05) is 13.1 Å². The van der Waals surface area contributed by atoms with Crippen LogP contribution in [0.1, 0.15) is 61.8 Å². The highest BCUT2D eigenvalue weighted by molar-refractivity contribution is 5.73. The standard InChI is InChI=1S/C19H28N2.C2HF3O2/c1-15(20)19-10-8-17(14-21-11-3-2-4-12-21)13-18(19)9-7-16-5-6-16;3-2(4,5)1(6)7/h7-10,13,15-16H,2-6,11-12,14,20H2,1H3;(H,6,7)/b9-7+;/t15-;/m0./s1. The van der Waals surface area contributed by atoms with Crippen molar-refractivity contribution < 1.29 is 23.1 Å². The van der Waals surface area contributed by atoms with Gasteiger partial charge in [-0.05, 0) is 68.3 Å². The summed E-state index contributed by atoms with van der Waals surface area (Å²) in [7, 11) is 0. The number of carbonyl (C=O) groups is 1. The molecule has 2 aliphatic rings. The Balaban J connectivity index is 0.000000345. The number of rotatable bonds is 5. The molecule has 0 aromatic heterocycles. The fourth-order valence-electron chi connectivity index (χ4n) is 3.19.